The number of ether oxygens (including phenoxy) is 1. The topological polar surface area (TPSA) is 71.7 Å². The third-order valence-corrected chi connectivity index (χ3v) is 3.95. The molecular weight excluding hydrogens is 252 g/mol. The Bertz CT molecular complexity index is 271. The van der Waals surface area contributed by atoms with E-state index in [1.807, 2.05) is 6.92 Å². The van der Waals surface area contributed by atoms with Crippen LogP contribution < -0.4 is 16.6 Å². The van der Waals surface area contributed by atoms with Gasteiger partial charge in [-0.2, -0.15) is 0 Å². The van der Waals surface area contributed by atoms with Gasteiger partial charge in [0.05, 0.1) is 0 Å². The van der Waals surface area contributed by atoms with E-state index in [9.17, 15) is 0 Å². The molecule has 20 heavy (non-hydrogen) atoms. The van der Waals surface area contributed by atoms with Crippen LogP contribution in [0.25, 0.3) is 0 Å². The smallest absolute Gasteiger partial charge is 0.205 e. The summed E-state index contributed by atoms with van der Waals surface area (Å²) in [6.07, 6.45) is 7.69. The Balaban J connectivity index is 2.12. The molecule has 1 aliphatic carbocycles. The van der Waals surface area contributed by atoms with E-state index < -0.39 is 0 Å². The summed E-state index contributed by atoms with van der Waals surface area (Å²) in [6, 6.07) is 0. The van der Waals surface area contributed by atoms with Gasteiger partial charge in [-0.1, -0.05) is 26.2 Å². The molecule has 1 saturated carbocycles. The van der Waals surface area contributed by atoms with Crippen molar-refractivity contribution in [2.45, 2.75) is 52.4 Å². The summed E-state index contributed by atoms with van der Waals surface area (Å²) in [5, 5.41) is 3.30. The van der Waals surface area contributed by atoms with Gasteiger partial charge in [-0.25, -0.2) is 5.84 Å². The molecule has 0 bridgehead atoms. The number of nitrogens with one attached hydrogen (secondary N) is 2. The van der Waals surface area contributed by atoms with Crippen molar-refractivity contribution in [3.05, 3.63) is 0 Å². The van der Waals surface area contributed by atoms with Crippen molar-refractivity contribution in [2.24, 2.45) is 22.7 Å². The largest absolute Gasteiger partial charge is 0.382 e. The minimum atomic E-state index is 0.699. The van der Waals surface area contributed by atoms with Gasteiger partial charge in [0.2, 0.25) is 5.96 Å². The summed E-state index contributed by atoms with van der Waals surface area (Å²) in [5.41, 5.74) is 2.64. The Kier molecular flexibility index (Phi) is 9.41. The molecule has 0 amide bonds. The molecule has 0 aliphatic heterocycles. The van der Waals surface area contributed by atoms with Gasteiger partial charge in [0.25, 0.3) is 0 Å². The van der Waals surface area contributed by atoms with Crippen LogP contribution in [0.3, 0.4) is 0 Å². The molecule has 118 valence electrons. The normalized spacial score (nSPS) is 23.6. The van der Waals surface area contributed by atoms with E-state index in [1.165, 1.54) is 32.1 Å². The zero-order chi connectivity index (χ0) is 14.6. The zero-order valence-electron chi connectivity index (χ0n) is 13.2. The van der Waals surface area contributed by atoms with Gasteiger partial charge in [-0.3, -0.25) is 10.4 Å². The predicted octanol–water partition coefficient (Wildman–Crippen LogP) is 2.04. The van der Waals surface area contributed by atoms with Crippen molar-refractivity contribution >= 4 is 5.96 Å². The van der Waals surface area contributed by atoms with Gasteiger partial charge in [-0.05, 0) is 38.0 Å². The summed E-state index contributed by atoms with van der Waals surface area (Å²) >= 11 is 0. The first kappa shape index (κ1) is 17.2. The van der Waals surface area contributed by atoms with E-state index in [2.05, 4.69) is 22.7 Å². The molecule has 1 rings (SSSR count). The molecule has 5 heteroatoms. The van der Waals surface area contributed by atoms with Crippen LogP contribution in [0, 0.1) is 11.8 Å². The highest BCUT2D eigenvalue weighted by molar-refractivity contribution is 5.79. The first-order chi connectivity index (χ1) is 9.76. The average Bonchev–Trinajstić information content (AvgIpc) is 2.45. The number of aliphatic imine (C=N–C) groups is 1. The lowest BCUT2D eigenvalue weighted by molar-refractivity contribution is 0.146. The Morgan fingerprint density at radius 2 is 2.25 bits per heavy atom. The molecule has 0 aromatic heterocycles. The van der Waals surface area contributed by atoms with Gasteiger partial charge >= 0.3 is 0 Å². The highest BCUT2D eigenvalue weighted by Gasteiger charge is 2.18. The Labute approximate surface area is 123 Å². The minimum absolute atomic E-state index is 0.699. The Hall–Kier alpha value is -0.810. The number of guanidine groups is 1. The van der Waals surface area contributed by atoms with Gasteiger partial charge in [0, 0.05) is 26.3 Å². The molecule has 2 unspecified atom stereocenters. The Morgan fingerprint density at radius 3 is 2.95 bits per heavy atom. The number of rotatable bonds is 8. The van der Waals surface area contributed by atoms with Crippen molar-refractivity contribution < 1.29 is 4.74 Å². The van der Waals surface area contributed by atoms with Gasteiger partial charge in [-0.15, -0.1) is 0 Å². The van der Waals surface area contributed by atoms with E-state index in [4.69, 9.17) is 10.6 Å². The van der Waals surface area contributed by atoms with Crippen LogP contribution in [-0.2, 0) is 4.74 Å². The lowest BCUT2D eigenvalue weighted by Crippen LogP contribution is -2.42. The van der Waals surface area contributed by atoms with Crippen molar-refractivity contribution in [3.63, 3.8) is 0 Å². The number of nitrogens with two attached hydrogens (primary N) is 1. The van der Waals surface area contributed by atoms with Gasteiger partial charge in [0.1, 0.15) is 0 Å². The second kappa shape index (κ2) is 10.9. The van der Waals surface area contributed by atoms with Crippen molar-refractivity contribution in [1.82, 2.24) is 10.7 Å². The van der Waals surface area contributed by atoms with Crippen LogP contribution in [0.5, 0.6) is 0 Å². The SMILES string of the molecule is CCOCCCN=C(NN)NCCC1CCCC(C)C1. The summed E-state index contributed by atoms with van der Waals surface area (Å²) in [5.74, 6) is 7.94. The van der Waals surface area contributed by atoms with Crippen LogP contribution in [0.2, 0.25) is 0 Å². The quantitative estimate of drug-likeness (QED) is 0.210. The van der Waals surface area contributed by atoms with E-state index >= 15 is 0 Å². The standard InChI is InChI=1S/C15H32N4O/c1-3-20-11-5-9-17-15(19-16)18-10-8-14-7-4-6-13(2)12-14/h13-14H,3-12,16H2,1-2H3,(H2,17,18,19). The van der Waals surface area contributed by atoms with Gasteiger partial charge < -0.3 is 10.1 Å². The number of hydrazine groups is 1. The van der Waals surface area contributed by atoms with Gasteiger partial charge in [0.15, 0.2) is 0 Å². The van der Waals surface area contributed by atoms with Crippen LogP contribution in [0.4, 0.5) is 0 Å². The summed E-state index contributed by atoms with van der Waals surface area (Å²) < 4.78 is 5.28. The van der Waals surface area contributed by atoms with E-state index in [0.717, 1.165) is 44.6 Å². The third kappa shape index (κ3) is 7.70. The second-order valence-electron chi connectivity index (χ2n) is 5.78. The fourth-order valence-electron chi connectivity index (χ4n) is 2.87. The molecule has 5 nitrogen and oxygen atoms in total. The van der Waals surface area contributed by atoms with E-state index in [0.29, 0.717) is 5.96 Å². The first-order valence-electron chi connectivity index (χ1n) is 8.09. The van der Waals surface area contributed by atoms with Crippen LogP contribution >= 0.6 is 0 Å². The maximum absolute atomic E-state index is 5.48. The second-order valence-corrected chi connectivity index (χ2v) is 5.78. The maximum Gasteiger partial charge on any atom is 0.205 e. The minimum Gasteiger partial charge on any atom is -0.382 e. The molecule has 0 spiro atoms. The number of hydrogen-bond donors (Lipinski definition) is 3. The molecule has 0 aromatic rings. The highest BCUT2D eigenvalue weighted by atomic mass is 16.5. The molecule has 0 heterocycles. The Morgan fingerprint density at radius 1 is 1.40 bits per heavy atom. The third-order valence-electron chi connectivity index (χ3n) is 3.95. The van der Waals surface area contributed by atoms with Crippen LogP contribution in [0.15, 0.2) is 4.99 Å². The summed E-state index contributed by atoms with van der Waals surface area (Å²) in [6.45, 7) is 7.59. The molecular formula is C15H32N4O. The first-order valence-corrected chi connectivity index (χ1v) is 8.09. The fraction of sp³-hybridized carbons (Fsp3) is 0.933. The lowest BCUT2D eigenvalue weighted by atomic mass is 9.81. The molecule has 4 N–H and O–H groups in total. The number of hydrogen-bond acceptors (Lipinski definition) is 3. The molecule has 0 saturated heterocycles. The van der Waals surface area contributed by atoms with E-state index in [-0.39, 0.29) is 0 Å². The summed E-state index contributed by atoms with van der Waals surface area (Å²) in [7, 11) is 0. The lowest BCUT2D eigenvalue weighted by Gasteiger charge is -2.26. The number of nitrogens with zero attached hydrogens (tertiary/aromatic N) is 1. The predicted molar refractivity (Wildman–Crippen MR) is 84.5 cm³/mol. The average molecular weight is 284 g/mol. The van der Waals surface area contributed by atoms with Crippen molar-refractivity contribution in [1.29, 1.82) is 0 Å². The molecule has 1 fully saturated rings. The van der Waals surface area contributed by atoms with Crippen molar-refractivity contribution in [2.75, 3.05) is 26.3 Å². The van der Waals surface area contributed by atoms with Crippen LogP contribution in [0.1, 0.15) is 52.4 Å². The van der Waals surface area contributed by atoms with Crippen LogP contribution in [-0.4, -0.2) is 32.3 Å². The van der Waals surface area contributed by atoms with E-state index in [1.54, 1.807) is 0 Å². The molecule has 0 radical (unpaired) electrons. The molecule has 2 atom stereocenters. The fourth-order valence-corrected chi connectivity index (χ4v) is 2.87. The maximum atomic E-state index is 5.48. The summed E-state index contributed by atoms with van der Waals surface area (Å²) in [4.78, 5) is 4.40. The monoisotopic (exact) mass is 284 g/mol. The molecule has 0 aromatic carbocycles. The molecule has 1 aliphatic rings. The highest BCUT2D eigenvalue weighted by Crippen LogP contribution is 2.30. The van der Waals surface area contributed by atoms with Crippen molar-refractivity contribution in [3.8, 4) is 0 Å². The zero-order valence-corrected chi connectivity index (χ0v) is 13.2.